The predicted molar refractivity (Wildman–Crippen MR) is 56.8 cm³/mol. The summed E-state index contributed by atoms with van der Waals surface area (Å²) in [6.07, 6.45) is 6.37. The molecule has 1 rings (SSSR count). The van der Waals surface area contributed by atoms with Gasteiger partial charge in [0.05, 0.1) is 12.5 Å². The van der Waals surface area contributed by atoms with E-state index >= 15 is 0 Å². The van der Waals surface area contributed by atoms with Crippen LogP contribution in [-0.4, -0.2) is 36.3 Å². The highest BCUT2D eigenvalue weighted by Crippen LogP contribution is 2.12. The second kappa shape index (κ2) is 5.40. The second-order valence-electron chi connectivity index (χ2n) is 3.67. The minimum atomic E-state index is -0.225. The van der Waals surface area contributed by atoms with Crippen LogP contribution >= 0.6 is 0 Å². The molecule has 0 aromatic heterocycles. The third kappa shape index (κ3) is 2.98. The smallest absolute Gasteiger partial charge is 0.228 e. The molecule has 15 heavy (non-hydrogen) atoms. The fraction of sp³-hybridized carbons (Fsp3) is 0.636. The Kier molecular flexibility index (Phi) is 4.17. The highest BCUT2D eigenvalue weighted by atomic mass is 16.2. The zero-order chi connectivity index (χ0) is 11.3. The molecule has 4 nitrogen and oxygen atoms in total. The van der Waals surface area contributed by atoms with Crippen molar-refractivity contribution in [3.8, 4) is 12.3 Å². The van der Waals surface area contributed by atoms with Crippen molar-refractivity contribution in [3.63, 3.8) is 0 Å². The van der Waals surface area contributed by atoms with Gasteiger partial charge in [-0.15, -0.1) is 6.42 Å². The topological polar surface area (TPSA) is 49.4 Å². The first kappa shape index (κ1) is 11.6. The van der Waals surface area contributed by atoms with Crippen LogP contribution in [0.25, 0.3) is 0 Å². The van der Waals surface area contributed by atoms with Gasteiger partial charge < -0.3 is 10.2 Å². The Labute approximate surface area is 90.0 Å². The average molecular weight is 208 g/mol. The summed E-state index contributed by atoms with van der Waals surface area (Å²) in [6, 6.07) is 0. The third-order valence-corrected chi connectivity index (χ3v) is 2.41. The Morgan fingerprint density at radius 3 is 2.93 bits per heavy atom. The highest BCUT2D eigenvalue weighted by molar-refractivity contribution is 5.89. The molecule has 1 saturated heterocycles. The van der Waals surface area contributed by atoms with Crippen molar-refractivity contribution in [2.45, 2.75) is 19.8 Å². The van der Waals surface area contributed by atoms with E-state index < -0.39 is 0 Å². The lowest BCUT2D eigenvalue weighted by atomic mass is 10.1. The van der Waals surface area contributed by atoms with Crippen molar-refractivity contribution in [2.24, 2.45) is 5.92 Å². The Morgan fingerprint density at radius 1 is 1.73 bits per heavy atom. The summed E-state index contributed by atoms with van der Waals surface area (Å²) in [5, 5.41) is 2.65. The normalized spacial score (nSPS) is 19.5. The van der Waals surface area contributed by atoms with Gasteiger partial charge in [-0.25, -0.2) is 0 Å². The Hall–Kier alpha value is -1.50. The summed E-state index contributed by atoms with van der Waals surface area (Å²) in [5.41, 5.74) is 0. The van der Waals surface area contributed by atoms with Crippen LogP contribution in [0.3, 0.4) is 0 Å². The van der Waals surface area contributed by atoms with Gasteiger partial charge >= 0.3 is 0 Å². The minimum absolute atomic E-state index is 0.00634. The number of nitrogens with zero attached hydrogens (tertiary/aromatic N) is 1. The van der Waals surface area contributed by atoms with Gasteiger partial charge in [0, 0.05) is 19.5 Å². The largest absolute Gasteiger partial charge is 0.355 e. The molecule has 0 aliphatic carbocycles. The molecule has 1 N–H and O–H groups in total. The molecule has 0 saturated carbocycles. The molecule has 1 aliphatic heterocycles. The van der Waals surface area contributed by atoms with E-state index in [2.05, 4.69) is 11.2 Å². The molecule has 0 radical (unpaired) electrons. The van der Waals surface area contributed by atoms with Crippen molar-refractivity contribution in [1.82, 2.24) is 10.2 Å². The van der Waals surface area contributed by atoms with E-state index in [1.54, 1.807) is 4.90 Å². The number of hydrogen-bond donors (Lipinski definition) is 1. The van der Waals surface area contributed by atoms with Gasteiger partial charge in [-0.2, -0.15) is 0 Å². The standard InChI is InChI=1S/C11H16N2O2/c1-3-5-13(6-4-2)11(15)9-7-10(14)12-8-9/h1,9H,4-8H2,2H3,(H,12,14). The molecule has 0 aromatic rings. The summed E-state index contributed by atoms with van der Waals surface area (Å²) >= 11 is 0. The van der Waals surface area contributed by atoms with Gasteiger partial charge in [0.2, 0.25) is 11.8 Å². The molecule has 0 spiro atoms. The second-order valence-corrected chi connectivity index (χ2v) is 3.67. The number of nitrogens with one attached hydrogen (secondary N) is 1. The van der Waals surface area contributed by atoms with Crippen LogP contribution in [0.5, 0.6) is 0 Å². The number of carbonyl (C=O) groups excluding carboxylic acids is 2. The highest BCUT2D eigenvalue weighted by Gasteiger charge is 2.30. The van der Waals surface area contributed by atoms with Crippen LogP contribution in [0.4, 0.5) is 0 Å². The lowest BCUT2D eigenvalue weighted by molar-refractivity contribution is -0.135. The predicted octanol–water partition coefficient (Wildman–Crippen LogP) is -0.00570. The molecule has 82 valence electrons. The number of carbonyl (C=O) groups is 2. The number of rotatable bonds is 4. The molecule has 1 atom stereocenters. The zero-order valence-electron chi connectivity index (χ0n) is 8.95. The van der Waals surface area contributed by atoms with Crippen LogP contribution in [0.1, 0.15) is 19.8 Å². The van der Waals surface area contributed by atoms with Gasteiger partial charge in [0.1, 0.15) is 0 Å². The molecular formula is C11H16N2O2. The molecule has 1 fully saturated rings. The number of hydrogen-bond acceptors (Lipinski definition) is 2. The average Bonchev–Trinajstić information content (AvgIpc) is 2.63. The first-order valence-electron chi connectivity index (χ1n) is 5.18. The van der Waals surface area contributed by atoms with Gasteiger partial charge in [0.25, 0.3) is 0 Å². The van der Waals surface area contributed by atoms with Crippen LogP contribution in [0, 0.1) is 18.3 Å². The quantitative estimate of drug-likeness (QED) is 0.661. The maximum atomic E-state index is 11.9. The molecule has 0 aromatic carbocycles. The van der Waals surface area contributed by atoms with Crippen LogP contribution in [0.15, 0.2) is 0 Å². The zero-order valence-corrected chi connectivity index (χ0v) is 8.95. The van der Waals surface area contributed by atoms with Crippen LogP contribution in [-0.2, 0) is 9.59 Å². The van der Waals surface area contributed by atoms with Crippen molar-refractivity contribution in [1.29, 1.82) is 0 Å². The maximum absolute atomic E-state index is 11.9. The molecule has 4 heteroatoms. The van der Waals surface area contributed by atoms with Crippen LogP contribution in [0.2, 0.25) is 0 Å². The van der Waals surface area contributed by atoms with E-state index in [1.165, 1.54) is 0 Å². The van der Waals surface area contributed by atoms with Crippen molar-refractivity contribution < 1.29 is 9.59 Å². The van der Waals surface area contributed by atoms with Gasteiger partial charge in [-0.05, 0) is 6.42 Å². The number of amides is 2. The van der Waals surface area contributed by atoms with E-state index in [0.717, 1.165) is 6.42 Å². The van der Waals surface area contributed by atoms with E-state index in [4.69, 9.17) is 6.42 Å². The minimum Gasteiger partial charge on any atom is -0.355 e. The van der Waals surface area contributed by atoms with E-state index in [1.807, 2.05) is 6.92 Å². The van der Waals surface area contributed by atoms with Crippen LogP contribution < -0.4 is 5.32 Å². The third-order valence-electron chi connectivity index (χ3n) is 2.41. The molecule has 1 unspecified atom stereocenters. The lowest BCUT2D eigenvalue weighted by Crippen LogP contribution is -2.37. The summed E-state index contributed by atoms with van der Waals surface area (Å²) in [6.45, 7) is 3.43. The van der Waals surface area contributed by atoms with Crippen molar-refractivity contribution in [2.75, 3.05) is 19.6 Å². The molecular weight excluding hydrogens is 192 g/mol. The summed E-state index contributed by atoms with van der Waals surface area (Å²) in [4.78, 5) is 24.5. The fourth-order valence-corrected chi connectivity index (χ4v) is 1.69. The Morgan fingerprint density at radius 2 is 2.47 bits per heavy atom. The molecule has 1 heterocycles. The SMILES string of the molecule is C#CCN(CCC)C(=O)C1CNC(=O)C1. The Balaban J connectivity index is 2.55. The summed E-state index contributed by atoms with van der Waals surface area (Å²) in [7, 11) is 0. The van der Waals surface area contributed by atoms with E-state index in [-0.39, 0.29) is 17.7 Å². The summed E-state index contributed by atoms with van der Waals surface area (Å²) in [5.74, 6) is 2.19. The van der Waals surface area contributed by atoms with Gasteiger partial charge in [0.15, 0.2) is 0 Å². The van der Waals surface area contributed by atoms with E-state index in [0.29, 0.717) is 26.1 Å². The van der Waals surface area contributed by atoms with Gasteiger partial charge in [-0.3, -0.25) is 9.59 Å². The Bertz CT molecular complexity index is 293. The summed E-state index contributed by atoms with van der Waals surface area (Å²) < 4.78 is 0. The maximum Gasteiger partial charge on any atom is 0.228 e. The molecule has 0 bridgehead atoms. The van der Waals surface area contributed by atoms with Gasteiger partial charge in [-0.1, -0.05) is 12.8 Å². The number of terminal acetylenes is 1. The molecule has 1 aliphatic rings. The van der Waals surface area contributed by atoms with E-state index in [9.17, 15) is 9.59 Å². The monoisotopic (exact) mass is 208 g/mol. The first-order valence-corrected chi connectivity index (χ1v) is 5.18. The van der Waals surface area contributed by atoms with Crippen molar-refractivity contribution in [3.05, 3.63) is 0 Å². The fourth-order valence-electron chi connectivity index (χ4n) is 1.69. The first-order chi connectivity index (χ1) is 7.19. The van der Waals surface area contributed by atoms with Crippen molar-refractivity contribution >= 4 is 11.8 Å². The molecule has 2 amide bonds. The lowest BCUT2D eigenvalue weighted by Gasteiger charge is -2.22.